The van der Waals surface area contributed by atoms with E-state index in [0.29, 0.717) is 31.1 Å². The van der Waals surface area contributed by atoms with E-state index in [-0.39, 0.29) is 23.0 Å². The minimum atomic E-state index is -0.0375. The molecule has 0 aromatic carbocycles. The van der Waals surface area contributed by atoms with Crippen molar-refractivity contribution in [3.63, 3.8) is 0 Å². The number of amides is 1. The molecule has 3 rings (SSSR count). The highest BCUT2D eigenvalue weighted by Crippen LogP contribution is 2.40. The number of ketones is 1. The third-order valence-electron chi connectivity index (χ3n) is 3.99. The number of carbonyl (C=O) groups is 2. The largest absolute Gasteiger partial charge is 0.330 e. The smallest absolute Gasteiger partial charge is 0.229 e. The second-order valence-corrected chi connectivity index (χ2v) is 7.50. The quantitative estimate of drug-likeness (QED) is 0.898. The Morgan fingerprint density at radius 1 is 1.40 bits per heavy atom. The molecule has 6 heteroatoms. The first-order chi connectivity index (χ1) is 9.39. The van der Waals surface area contributed by atoms with Crippen LogP contribution in [-0.4, -0.2) is 29.8 Å². The molecule has 2 heterocycles. The number of hydrogen-bond donors (Lipinski definition) is 1. The van der Waals surface area contributed by atoms with E-state index in [0.717, 1.165) is 17.0 Å². The lowest BCUT2D eigenvalue weighted by Gasteiger charge is -2.26. The van der Waals surface area contributed by atoms with Crippen LogP contribution in [-0.2, 0) is 11.2 Å². The molecular formula is C14H19N3O2S. The molecule has 1 unspecified atom stereocenters. The topological polar surface area (TPSA) is 76.3 Å². The highest BCUT2D eigenvalue weighted by molar-refractivity contribution is 7.17. The van der Waals surface area contributed by atoms with Crippen LogP contribution in [0.25, 0.3) is 0 Å². The lowest BCUT2D eigenvalue weighted by Crippen LogP contribution is -2.26. The molecule has 1 amide bonds. The van der Waals surface area contributed by atoms with Gasteiger partial charge in [-0.15, -0.1) is 0 Å². The fourth-order valence-electron chi connectivity index (χ4n) is 2.95. The maximum Gasteiger partial charge on any atom is 0.229 e. The molecule has 1 atom stereocenters. The van der Waals surface area contributed by atoms with E-state index in [9.17, 15) is 9.59 Å². The molecule has 1 aromatic heterocycles. The van der Waals surface area contributed by atoms with Crippen molar-refractivity contribution in [1.82, 2.24) is 4.98 Å². The van der Waals surface area contributed by atoms with Crippen LogP contribution >= 0.6 is 11.3 Å². The zero-order valence-electron chi connectivity index (χ0n) is 11.8. The highest BCUT2D eigenvalue weighted by atomic mass is 32.1. The van der Waals surface area contributed by atoms with Crippen molar-refractivity contribution in [3.05, 3.63) is 10.6 Å². The summed E-state index contributed by atoms with van der Waals surface area (Å²) < 4.78 is 0. The molecule has 1 fully saturated rings. The molecule has 2 N–H and O–H groups in total. The van der Waals surface area contributed by atoms with Crippen LogP contribution in [0.4, 0.5) is 5.13 Å². The predicted molar refractivity (Wildman–Crippen MR) is 78.1 cm³/mol. The second kappa shape index (κ2) is 4.63. The van der Waals surface area contributed by atoms with E-state index in [1.165, 1.54) is 11.3 Å². The number of Topliss-reactive ketones (excluding diaryl/α,β-unsaturated/α-hetero) is 1. The average molecular weight is 293 g/mol. The Balaban J connectivity index is 1.91. The zero-order chi connectivity index (χ0) is 14.5. The summed E-state index contributed by atoms with van der Waals surface area (Å²) in [4.78, 5) is 31.2. The Kier molecular flexibility index (Phi) is 3.17. The van der Waals surface area contributed by atoms with E-state index in [4.69, 9.17) is 5.73 Å². The third kappa shape index (κ3) is 2.27. The molecule has 0 saturated carbocycles. The molecule has 1 aliphatic heterocycles. The van der Waals surface area contributed by atoms with Crippen LogP contribution in [0.15, 0.2) is 0 Å². The molecular weight excluding hydrogens is 274 g/mol. The maximum absolute atomic E-state index is 12.2. The summed E-state index contributed by atoms with van der Waals surface area (Å²) >= 11 is 1.36. The van der Waals surface area contributed by atoms with E-state index in [2.05, 4.69) is 18.8 Å². The van der Waals surface area contributed by atoms with Gasteiger partial charge in [0.2, 0.25) is 5.91 Å². The lowest BCUT2D eigenvalue weighted by molar-refractivity contribution is -0.117. The van der Waals surface area contributed by atoms with Gasteiger partial charge in [-0.1, -0.05) is 25.2 Å². The first-order valence-corrected chi connectivity index (χ1v) is 7.74. The maximum atomic E-state index is 12.2. The van der Waals surface area contributed by atoms with Gasteiger partial charge in [0.25, 0.3) is 0 Å². The van der Waals surface area contributed by atoms with E-state index < -0.39 is 0 Å². The number of nitrogens with zero attached hydrogens (tertiary/aromatic N) is 2. The lowest BCUT2D eigenvalue weighted by atomic mass is 9.78. The number of anilines is 1. The van der Waals surface area contributed by atoms with Gasteiger partial charge in [-0.2, -0.15) is 0 Å². The van der Waals surface area contributed by atoms with E-state index in [1.807, 2.05) is 0 Å². The second-order valence-electron chi connectivity index (χ2n) is 6.52. The fourth-order valence-corrected chi connectivity index (χ4v) is 3.99. The summed E-state index contributed by atoms with van der Waals surface area (Å²) in [7, 11) is 0. The van der Waals surface area contributed by atoms with Crippen LogP contribution < -0.4 is 10.6 Å². The van der Waals surface area contributed by atoms with Crippen molar-refractivity contribution >= 4 is 28.2 Å². The van der Waals surface area contributed by atoms with Crippen LogP contribution in [0.2, 0.25) is 0 Å². The van der Waals surface area contributed by atoms with Crippen molar-refractivity contribution in [1.29, 1.82) is 0 Å². The Bertz CT molecular complexity index is 579. The minimum Gasteiger partial charge on any atom is -0.330 e. The third-order valence-corrected chi connectivity index (χ3v) is 5.16. The van der Waals surface area contributed by atoms with Gasteiger partial charge in [0.15, 0.2) is 10.9 Å². The summed E-state index contributed by atoms with van der Waals surface area (Å²) in [5.74, 6) is 0.427. The number of thiazole rings is 1. The van der Waals surface area contributed by atoms with Gasteiger partial charge in [0.05, 0.1) is 10.6 Å². The van der Waals surface area contributed by atoms with Crippen LogP contribution in [0.3, 0.4) is 0 Å². The Hall–Kier alpha value is -1.27. The Labute approximate surface area is 122 Å². The standard InChI is InChI=1S/C14H19N3O2S/c1-14(2)4-9-12(10(18)5-14)20-13(16-9)17-7-8(6-15)3-11(17)19/h8H,3-7,15H2,1-2H3. The number of rotatable bonds is 2. The molecule has 20 heavy (non-hydrogen) atoms. The van der Waals surface area contributed by atoms with Gasteiger partial charge < -0.3 is 5.73 Å². The molecule has 1 saturated heterocycles. The van der Waals surface area contributed by atoms with Gasteiger partial charge in [-0.3, -0.25) is 14.5 Å². The normalized spacial score (nSPS) is 25.1. The van der Waals surface area contributed by atoms with Gasteiger partial charge in [-0.25, -0.2) is 4.98 Å². The summed E-state index contributed by atoms with van der Waals surface area (Å²) in [5, 5.41) is 0.669. The van der Waals surface area contributed by atoms with Crippen molar-refractivity contribution < 1.29 is 9.59 Å². The van der Waals surface area contributed by atoms with E-state index >= 15 is 0 Å². The fraction of sp³-hybridized carbons (Fsp3) is 0.643. The van der Waals surface area contributed by atoms with Crippen molar-refractivity contribution in [2.45, 2.75) is 33.1 Å². The first-order valence-electron chi connectivity index (χ1n) is 6.93. The molecule has 5 nitrogen and oxygen atoms in total. The SMILES string of the molecule is CC1(C)CC(=O)c2sc(N3CC(CN)CC3=O)nc2C1. The van der Waals surface area contributed by atoms with Crippen LogP contribution in [0.5, 0.6) is 0 Å². The number of nitrogens with two attached hydrogens (primary N) is 1. The summed E-state index contributed by atoms with van der Waals surface area (Å²) in [6.45, 7) is 5.30. The Morgan fingerprint density at radius 3 is 2.80 bits per heavy atom. The summed E-state index contributed by atoms with van der Waals surface area (Å²) in [6.07, 6.45) is 1.84. The van der Waals surface area contributed by atoms with Crippen molar-refractivity contribution in [2.75, 3.05) is 18.0 Å². The van der Waals surface area contributed by atoms with E-state index in [1.54, 1.807) is 4.90 Å². The van der Waals surface area contributed by atoms with Gasteiger partial charge >= 0.3 is 0 Å². The molecule has 108 valence electrons. The minimum absolute atomic E-state index is 0.0375. The molecule has 0 spiro atoms. The van der Waals surface area contributed by atoms with Gasteiger partial charge in [0.1, 0.15) is 0 Å². The van der Waals surface area contributed by atoms with Gasteiger partial charge in [-0.05, 0) is 24.3 Å². The van der Waals surface area contributed by atoms with Crippen molar-refractivity contribution in [2.24, 2.45) is 17.1 Å². The first kappa shape index (κ1) is 13.7. The molecule has 2 aliphatic rings. The van der Waals surface area contributed by atoms with Crippen LogP contribution in [0.1, 0.15) is 42.1 Å². The molecule has 1 aliphatic carbocycles. The average Bonchev–Trinajstić information content (AvgIpc) is 2.90. The monoisotopic (exact) mass is 293 g/mol. The number of fused-ring (bicyclic) bond motifs is 1. The number of carbonyl (C=O) groups excluding carboxylic acids is 2. The van der Waals surface area contributed by atoms with Crippen LogP contribution in [0, 0.1) is 11.3 Å². The molecule has 0 radical (unpaired) electrons. The summed E-state index contributed by atoms with van der Waals surface area (Å²) in [5.41, 5.74) is 6.46. The number of aromatic nitrogens is 1. The summed E-state index contributed by atoms with van der Waals surface area (Å²) in [6, 6.07) is 0. The number of hydrogen-bond acceptors (Lipinski definition) is 5. The van der Waals surface area contributed by atoms with Gasteiger partial charge in [0, 0.05) is 19.4 Å². The zero-order valence-corrected chi connectivity index (χ0v) is 12.6. The molecule has 1 aromatic rings. The van der Waals surface area contributed by atoms with Crippen molar-refractivity contribution in [3.8, 4) is 0 Å². The Morgan fingerprint density at radius 2 is 2.15 bits per heavy atom. The predicted octanol–water partition coefficient (Wildman–Crippen LogP) is 1.61. The highest BCUT2D eigenvalue weighted by Gasteiger charge is 2.37. The molecule has 0 bridgehead atoms.